The molecule has 7 heteroatoms. The predicted molar refractivity (Wildman–Crippen MR) is 110 cm³/mol. The summed E-state index contributed by atoms with van der Waals surface area (Å²) in [5, 5.41) is 11.9. The molecular weight excluding hydrogens is 372 g/mol. The molecule has 0 radical (unpaired) electrons. The van der Waals surface area contributed by atoms with E-state index < -0.39 is 0 Å². The van der Waals surface area contributed by atoms with E-state index in [9.17, 15) is 4.79 Å². The minimum Gasteiger partial charge on any atom is -0.488 e. The summed E-state index contributed by atoms with van der Waals surface area (Å²) in [6.07, 6.45) is 0. The van der Waals surface area contributed by atoms with Crippen LogP contribution in [0.1, 0.15) is 21.1 Å². The van der Waals surface area contributed by atoms with Gasteiger partial charge >= 0.3 is 0 Å². The van der Waals surface area contributed by atoms with Crippen molar-refractivity contribution in [3.05, 3.63) is 82.3 Å². The van der Waals surface area contributed by atoms with Gasteiger partial charge in [0.2, 0.25) is 0 Å². The highest BCUT2D eigenvalue weighted by Gasteiger charge is 2.09. The second-order valence-corrected chi connectivity index (χ2v) is 7.20. The molecular formula is C21H18N4O2S. The summed E-state index contributed by atoms with van der Waals surface area (Å²) < 4.78 is 5.77. The van der Waals surface area contributed by atoms with Crippen LogP contribution in [0.4, 0.5) is 5.69 Å². The average Bonchev–Trinajstić information content (AvgIpc) is 3.39. The van der Waals surface area contributed by atoms with Crippen molar-refractivity contribution in [2.45, 2.75) is 13.5 Å². The number of rotatable bonds is 6. The number of nitrogens with one attached hydrogen (secondary N) is 2. The van der Waals surface area contributed by atoms with Gasteiger partial charge in [-0.25, -0.2) is 4.98 Å². The Hall–Kier alpha value is -3.45. The van der Waals surface area contributed by atoms with Gasteiger partial charge in [0.25, 0.3) is 5.91 Å². The molecule has 2 N–H and O–H groups in total. The van der Waals surface area contributed by atoms with Crippen LogP contribution in [-0.2, 0) is 6.61 Å². The number of hydrogen-bond acceptors (Lipinski definition) is 5. The Morgan fingerprint density at radius 2 is 2.00 bits per heavy atom. The molecule has 0 bridgehead atoms. The number of nitrogens with zero attached hydrogens (tertiary/aromatic N) is 2. The van der Waals surface area contributed by atoms with Crippen LogP contribution < -0.4 is 10.1 Å². The summed E-state index contributed by atoms with van der Waals surface area (Å²) in [6.45, 7) is 2.34. The van der Waals surface area contributed by atoms with Crippen LogP contribution in [0.2, 0.25) is 0 Å². The molecule has 28 heavy (non-hydrogen) atoms. The van der Waals surface area contributed by atoms with Crippen molar-refractivity contribution in [3.8, 4) is 17.1 Å². The van der Waals surface area contributed by atoms with Gasteiger partial charge in [0.05, 0.1) is 0 Å². The fourth-order valence-corrected chi connectivity index (χ4v) is 3.27. The lowest BCUT2D eigenvalue weighted by atomic mass is 10.1. The zero-order chi connectivity index (χ0) is 19.3. The zero-order valence-corrected chi connectivity index (χ0v) is 16.0. The van der Waals surface area contributed by atoms with Crippen molar-refractivity contribution < 1.29 is 9.53 Å². The lowest BCUT2D eigenvalue weighted by molar-refractivity contribution is 0.102. The molecule has 0 aliphatic rings. The number of aryl methyl sites for hydroxylation is 1. The summed E-state index contributed by atoms with van der Waals surface area (Å²) in [6, 6.07) is 18.6. The first kappa shape index (κ1) is 17.9. The number of hydrogen-bond donors (Lipinski definition) is 2. The van der Waals surface area contributed by atoms with Crippen LogP contribution in [-0.4, -0.2) is 21.1 Å². The molecule has 2 aromatic heterocycles. The van der Waals surface area contributed by atoms with Gasteiger partial charge in [0, 0.05) is 21.7 Å². The first-order valence-electron chi connectivity index (χ1n) is 8.73. The zero-order valence-electron chi connectivity index (χ0n) is 15.2. The minimum atomic E-state index is -0.192. The number of H-pyrrole nitrogens is 1. The van der Waals surface area contributed by atoms with Gasteiger partial charge in [0.15, 0.2) is 5.82 Å². The highest BCUT2D eigenvalue weighted by Crippen LogP contribution is 2.20. The first-order chi connectivity index (χ1) is 13.7. The average molecular weight is 390 g/mol. The Bertz CT molecular complexity index is 1070. The first-order valence-corrected chi connectivity index (χ1v) is 9.61. The molecule has 0 fully saturated rings. The fraction of sp³-hybridized carbons (Fsp3) is 0.0952. The second kappa shape index (κ2) is 8.06. The van der Waals surface area contributed by atoms with E-state index in [1.807, 2.05) is 60.8 Å². The van der Waals surface area contributed by atoms with E-state index in [1.54, 1.807) is 23.5 Å². The maximum absolute atomic E-state index is 12.6. The van der Waals surface area contributed by atoms with Crippen LogP contribution in [0.25, 0.3) is 11.4 Å². The van der Waals surface area contributed by atoms with E-state index in [1.165, 1.54) is 0 Å². The Kier molecular flexibility index (Phi) is 5.16. The number of carbonyl (C=O) groups excluding carboxylic acids is 1. The van der Waals surface area contributed by atoms with Crippen LogP contribution in [0, 0.1) is 6.92 Å². The van der Waals surface area contributed by atoms with E-state index in [0.29, 0.717) is 29.4 Å². The number of aromatic amines is 1. The number of thiophene rings is 1. The van der Waals surface area contributed by atoms with E-state index in [-0.39, 0.29) is 5.91 Å². The molecule has 4 aromatic rings. The third-order valence-electron chi connectivity index (χ3n) is 4.06. The second-order valence-electron chi connectivity index (χ2n) is 6.17. The Labute approximate surface area is 166 Å². The van der Waals surface area contributed by atoms with Gasteiger partial charge in [-0.15, -0.1) is 11.3 Å². The summed E-state index contributed by atoms with van der Waals surface area (Å²) in [5.41, 5.74) is 2.12. The molecule has 2 heterocycles. The smallest absolute Gasteiger partial charge is 0.255 e. The number of aromatic nitrogens is 3. The molecule has 140 valence electrons. The SMILES string of the molecule is Cc1nc(-c2ccc(NC(=O)c3cccc(OCc4cccs4)c3)cc2)n[nH]1. The molecule has 0 saturated carbocycles. The van der Waals surface area contributed by atoms with Crippen molar-refractivity contribution in [1.29, 1.82) is 0 Å². The molecule has 0 unspecified atom stereocenters. The topological polar surface area (TPSA) is 79.9 Å². The van der Waals surface area contributed by atoms with Crippen molar-refractivity contribution in [2.24, 2.45) is 0 Å². The number of ether oxygens (including phenoxy) is 1. The Balaban J connectivity index is 1.41. The molecule has 1 amide bonds. The highest BCUT2D eigenvalue weighted by molar-refractivity contribution is 7.09. The Morgan fingerprint density at radius 1 is 1.14 bits per heavy atom. The van der Waals surface area contributed by atoms with Crippen molar-refractivity contribution >= 4 is 22.9 Å². The van der Waals surface area contributed by atoms with Gasteiger partial charge in [-0.3, -0.25) is 9.89 Å². The largest absolute Gasteiger partial charge is 0.488 e. The molecule has 0 atom stereocenters. The van der Waals surface area contributed by atoms with Crippen LogP contribution in [0.15, 0.2) is 66.0 Å². The van der Waals surface area contributed by atoms with Crippen LogP contribution >= 0.6 is 11.3 Å². The van der Waals surface area contributed by atoms with Crippen LogP contribution in [0.5, 0.6) is 5.75 Å². The van der Waals surface area contributed by atoms with E-state index in [4.69, 9.17) is 4.74 Å². The third-order valence-corrected chi connectivity index (χ3v) is 4.91. The maximum Gasteiger partial charge on any atom is 0.255 e. The van der Waals surface area contributed by atoms with Crippen molar-refractivity contribution in [3.63, 3.8) is 0 Å². The normalized spacial score (nSPS) is 10.6. The fourth-order valence-electron chi connectivity index (χ4n) is 2.65. The van der Waals surface area contributed by atoms with Crippen LogP contribution in [0.3, 0.4) is 0 Å². The highest BCUT2D eigenvalue weighted by atomic mass is 32.1. The lowest BCUT2D eigenvalue weighted by Crippen LogP contribution is -2.11. The Morgan fingerprint density at radius 3 is 2.71 bits per heavy atom. The number of carbonyl (C=O) groups is 1. The molecule has 6 nitrogen and oxygen atoms in total. The van der Waals surface area contributed by atoms with Gasteiger partial charge in [0.1, 0.15) is 18.2 Å². The van der Waals surface area contributed by atoms with E-state index in [2.05, 4.69) is 20.5 Å². The molecule has 0 aliphatic heterocycles. The maximum atomic E-state index is 12.6. The van der Waals surface area contributed by atoms with Gasteiger partial charge < -0.3 is 10.1 Å². The van der Waals surface area contributed by atoms with Gasteiger partial charge in [-0.2, -0.15) is 5.10 Å². The summed E-state index contributed by atoms with van der Waals surface area (Å²) in [5.74, 6) is 1.86. The molecule has 4 rings (SSSR count). The summed E-state index contributed by atoms with van der Waals surface area (Å²) >= 11 is 1.64. The van der Waals surface area contributed by atoms with E-state index >= 15 is 0 Å². The standard InChI is InChI=1S/C21H18N4O2S/c1-14-22-20(25-24-14)15-7-9-17(10-8-15)23-21(26)16-4-2-5-18(12-16)27-13-19-6-3-11-28-19/h2-12H,13H2,1H3,(H,23,26)(H,22,24,25). The van der Waals surface area contributed by atoms with Gasteiger partial charge in [-0.1, -0.05) is 12.1 Å². The quantitative estimate of drug-likeness (QED) is 0.501. The molecule has 2 aromatic carbocycles. The van der Waals surface area contributed by atoms with Gasteiger partial charge in [-0.05, 0) is 60.8 Å². The number of amides is 1. The monoisotopic (exact) mass is 390 g/mol. The lowest BCUT2D eigenvalue weighted by Gasteiger charge is -2.08. The summed E-state index contributed by atoms with van der Waals surface area (Å²) in [7, 11) is 0. The molecule has 0 spiro atoms. The van der Waals surface area contributed by atoms with Crippen molar-refractivity contribution in [1.82, 2.24) is 15.2 Å². The molecule has 0 saturated heterocycles. The third kappa shape index (κ3) is 4.27. The van der Waals surface area contributed by atoms with E-state index in [0.717, 1.165) is 16.3 Å². The van der Waals surface area contributed by atoms with Crippen molar-refractivity contribution in [2.75, 3.05) is 5.32 Å². The summed E-state index contributed by atoms with van der Waals surface area (Å²) in [4.78, 5) is 18.0. The number of benzene rings is 2. The number of anilines is 1. The molecule has 0 aliphatic carbocycles. The predicted octanol–water partition coefficient (Wildman–Crippen LogP) is 4.67. The minimum absolute atomic E-state index is 0.192.